The van der Waals surface area contributed by atoms with Crippen LogP contribution in [0.2, 0.25) is 0 Å². The molecule has 1 aromatic heterocycles. The normalized spacial score (nSPS) is 15.1. The topological polar surface area (TPSA) is 118 Å². The number of anilines is 1. The summed E-state index contributed by atoms with van der Waals surface area (Å²) in [6.07, 6.45) is 3.27. The maximum absolute atomic E-state index is 12.8. The molecule has 0 atom stereocenters. The third-order valence-electron chi connectivity index (χ3n) is 6.49. The lowest BCUT2D eigenvalue weighted by atomic mass is 9.98. The van der Waals surface area contributed by atoms with Crippen molar-refractivity contribution in [3.63, 3.8) is 0 Å². The van der Waals surface area contributed by atoms with Crippen LogP contribution in [0, 0.1) is 5.41 Å². The highest BCUT2D eigenvalue weighted by Gasteiger charge is 2.50. The van der Waals surface area contributed by atoms with E-state index in [0.717, 1.165) is 22.3 Å². The van der Waals surface area contributed by atoms with Gasteiger partial charge in [-0.2, -0.15) is 0 Å². The number of carboxylic acids is 1. The zero-order valence-electron chi connectivity index (χ0n) is 18.3. The van der Waals surface area contributed by atoms with Crippen molar-refractivity contribution in [2.75, 3.05) is 18.5 Å². The van der Waals surface area contributed by atoms with Crippen molar-refractivity contribution in [2.45, 2.75) is 18.8 Å². The van der Waals surface area contributed by atoms with Gasteiger partial charge in [-0.15, -0.1) is 0 Å². The van der Waals surface area contributed by atoms with Crippen molar-refractivity contribution >= 4 is 23.7 Å². The Morgan fingerprint density at radius 2 is 1.65 bits per heavy atom. The van der Waals surface area contributed by atoms with Crippen molar-refractivity contribution < 1.29 is 24.2 Å². The molecule has 0 spiro atoms. The molecule has 0 aliphatic heterocycles. The Hall–Kier alpha value is -4.20. The summed E-state index contributed by atoms with van der Waals surface area (Å²) < 4.78 is 5.55. The molecule has 8 heteroatoms. The van der Waals surface area contributed by atoms with Gasteiger partial charge in [-0.25, -0.2) is 9.59 Å². The number of alkyl carbamates (subject to hydrolysis) is 1. The molecule has 1 fully saturated rings. The number of aromatic nitrogens is 1. The number of carboxylic acid groups (broad SMARTS) is 1. The molecular formula is C26H23N3O5. The highest BCUT2D eigenvalue weighted by molar-refractivity contribution is 5.98. The van der Waals surface area contributed by atoms with Crippen LogP contribution in [-0.2, 0) is 9.53 Å². The largest absolute Gasteiger partial charge is 0.478 e. The summed E-state index contributed by atoms with van der Waals surface area (Å²) in [5.41, 5.74) is 4.13. The predicted molar refractivity (Wildman–Crippen MR) is 125 cm³/mol. The number of amides is 2. The van der Waals surface area contributed by atoms with Crippen LogP contribution in [0.4, 0.5) is 10.5 Å². The molecule has 2 aliphatic rings. The predicted octanol–water partition coefficient (Wildman–Crippen LogP) is 4.04. The molecule has 1 saturated carbocycles. The average molecular weight is 457 g/mol. The van der Waals surface area contributed by atoms with E-state index in [9.17, 15) is 14.4 Å². The summed E-state index contributed by atoms with van der Waals surface area (Å²) in [7, 11) is 0. The quantitative estimate of drug-likeness (QED) is 0.493. The van der Waals surface area contributed by atoms with Crippen molar-refractivity contribution in [3.8, 4) is 11.1 Å². The Morgan fingerprint density at radius 3 is 2.26 bits per heavy atom. The van der Waals surface area contributed by atoms with Crippen LogP contribution >= 0.6 is 0 Å². The van der Waals surface area contributed by atoms with Gasteiger partial charge in [-0.3, -0.25) is 9.78 Å². The number of nitrogens with zero attached hydrogens (tertiary/aromatic N) is 1. The maximum Gasteiger partial charge on any atom is 0.407 e. The molecule has 0 unspecified atom stereocenters. The molecule has 3 N–H and O–H groups in total. The summed E-state index contributed by atoms with van der Waals surface area (Å²) >= 11 is 0. The second-order valence-corrected chi connectivity index (χ2v) is 8.68. The Balaban J connectivity index is 1.17. The number of benzene rings is 2. The number of pyridine rings is 1. The zero-order valence-corrected chi connectivity index (χ0v) is 18.3. The molecule has 8 nitrogen and oxygen atoms in total. The summed E-state index contributed by atoms with van der Waals surface area (Å²) in [6.45, 7) is 0.342. The van der Waals surface area contributed by atoms with E-state index in [4.69, 9.17) is 9.84 Å². The lowest BCUT2D eigenvalue weighted by molar-refractivity contribution is -0.120. The summed E-state index contributed by atoms with van der Waals surface area (Å²) in [5, 5.41) is 14.5. The molecule has 2 aromatic carbocycles. The first kappa shape index (κ1) is 21.6. The minimum absolute atomic E-state index is 0.0144. The van der Waals surface area contributed by atoms with Crippen LogP contribution in [0.1, 0.15) is 40.2 Å². The fraction of sp³-hybridized carbons (Fsp3) is 0.231. The molecule has 3 aromatic rings. The molecule has 172 valence electrons. The van der Waals surface area contributed by atoms with Crippen molar-refractivity contribution in [3.05, 3.63) is 83.7 Å². The summed E-state index contributed by atoms with van der Waals surface area (Å²) in [4.78, 5) is 40.2. The number of fused-ring (bicyclic) bond motifs is 3. The van der Waals surface area contributed by atoms with Crippen molar-refractivity contribution in [1.82, 2.24) is 10.3 Å². The van der Waals surface area contributed by atoms with Gasteiger partial charge in [0.15, 0.2) is 0 Å². The Morgan fingerprint density at radius 1 is 1.00 bits per heavy atom. The maximum atomic E-state index is 12.8. The van der Waals surface area contributed by atoms with Crippen LogP contribution in [0.3, 0.4) is 0 Å². The third-order valence-corrected chi connectivity index (χ3v) is 6.49. The number of nitrogens with one attached hydrogen (secondary N) is 2. The third kappa shape index (κ3) is 4.10. The number of hydrogen-bond acceptors (Lipinski definition) is 5. The Labute approximate surface area is 196 Å². The first-order chi connectivity index (χ1) is 16.5. The van der Waals surface area contributed by atoms with Gasteiger partial charge in [0.25, 0.3) is 0 Å². The van der Waals surface area contributed by atoms with Gasteiger partial charge in [-0.1, -0.05) is 48.5 Å². The first-order valence-electron chi connectivity index (χ1n) is 11.1. The van der Waals surface area contributed by atoms with E-state index in [1.165, 1.54) is 18.5 Å². The van der Waals surface area contributed by atoms with Crippen LogP contribution in [-0.4, -0.2) is 41.2 Å². The van der Waals surface area contributed by atoms with E-state index >= 15 is 0 Å². The van der Waals surface area contributed by atoms with E-state index in [-0.39, 0.29) is 30.5 Å². The molecule has 34 heavy (non-hydrogen) atoms. The summed E-state index contributed by atoms with van der Waals surface area (Å²) in [5.74, 6) is -1.44. The smallest absolute Gasteiger partial charge is 0.407 e. The standard InChI is InChI=1S/C26H23N3O5/c30-23(31)16-11-17(13-27-12-16)29-24(32)26(9-10-26)15-28-25(33)34-14-22-20-7-3-1-5-18(20)19-6-2-4-8-21(19)22/h1-8,11-13,22H,9-10,14-15H2,(H,28,33)(H,29,32)(H,30,31). The monoisotopic (exact) mass is 457 g/mol. The Kier molecular flexibility index (Phi) is 5.49. The van der Waals surface area contributed by atoms with Crippen LogP contribution in [0.5, 0.6) is 0 Å². The summed E-state index contributed by atoms with van der Waals surface area (Å²) in [6, 6.07) is 17.6. The SMILES string of the molecule is O=C(NCC1(C(=O)Nc2cncc(C(=O)O)c2)CC1)OCC1c2ccccc2-c2ccccc21. The molecule has 0 bridgehead atoms. The molecular weight excluding hydrogens is 434 g/mol. The van der Waals surface area contributed by atoms with Crippen molar-refractivity contribution in [2.24, 2.45) is 5.41 Å². The number of hydrogen-bond donors (Lipinski definition) is 3. The zero-order chi connectivity index (χ0) is 23.7. The van der Waals surface area contributed by atoms with E-state index in [1.54, 1.807) is 0 Å². The van der Waals surface area contributed by atoms with Crippen LogP contribution < -0.4 is 10.6 Å². The number of ether oxygens (including phenoxy) is 1. The average Bonchev–Trinajstić information content (AvgIpc) is 3.58. The minimum Gasteiger partial charge on any atom is -0.478 e. The Bertz CT molecular complexity index is 1240. The lowest BCUT2D eigenvalue weighted by Crippen LogP contribution is -2.37. The molecule has 0 saturated heterocycles. The van der Waals surface area contributed by atoms with Gasteiger partial charge < -0.3 is 20.5 Å². The number of aromatic carboxylic acids is 1. The van der Waals surface area contributed by atoms with Crippen LogP contribution in [0.15, 0.2) is 67.0 Å². The van der Waals surface area contributed by atoms with E-state index in [0.29, 0.717) is 18.5 Å². The van der Waals surface area contributed by atoms with E-state index in [2.05, 4.69) is 39.9 Å². The van der Waals surface area contributed by atoms with Gasteiger partial charge in [0.05, 0.1) is 22.9 Å². The number of carbonyl (C=O) groups excluding carboxylic acids is 2. The van der Waals surface area contributed by atoms with Gasteiger partial charge in [0, 0.05) is 18.7 Å². The van der Waals surface area contributed by atoms with Gasteiger partial charge in [0.2, 0.25) is 5.91 Å². The second-order valence-electron chi connectivity index (χ2n) is 8.68. The first-order valence-corrected chi connectivity index (χ1v) is 11.1. The van der Waals surface area contributed by atoms with Crippen molar-refractivity contribution in [1.29, 1.82) is 0 Å². The number of rotatable bonds is 7. The molecule has 1 heterocycles. The lowest BCUT2D eigenvalue weighted by Gasteiger charge is -2.18. The van der Waals surface area contributed by atoms with E-state index < -0.39 is 17.5 Å². The fourth-order valence-corrected chi connectivity index (χ4v) is 4.41. The fourth-order valence-electron chi connectivity index (χ4n) is 4.41. The molecule has 2 aliphatic carbocycles. The highest BCUT2D eigenvalue weighted by atomic mass is 16.5. The minimum atomic E-state index is -1.12. The van der Waals surface area contributed by atoms with Crippen LogP contribution in [0.25, 0.3) is 11.1 Å². The van der Waals surface area contributed by atoms with Gasteiger partial charge in [-0.05, 0) is 41.2 Å². The molecule has 5 rings (SSSR count). The molecule has 0 radical (unpaired) electrons. The van der Waals surface area contributed by atoms with E-state index in [1.807, 2.05) is 24.3 Å². The number of carbonyl (C=O) groups is 3. The highest BCUT2D eigenvalue weighted by Crippen LogP contribution is 2.46. The second kappa shape index (κ2) is 8.62. The molecule has 2 amide bonds. The van der Waals surface area contributed by atoms with Gasteiger partial charge >= 0.3 is 12.1 Å². The van der Waals surface area contributed by atoms with Gasteiger partial charge in [0.1, 0.15) is 6.61 Å².